The number of hydrogen-bond acceptors (Lipinski definition) is 2. The van der Waals surface area contributed by atoms with Crippen molar-refractivity contribution in [2.24, 2.45) is 0 Å². The number of amides is 1. The number of hydrogen-bond donors (Lipinski definition) is 0. The van der Waals surface area contributed by atoms with Crippen LogP contribution in [0.5, 0.6) is 5.75 Å². The maximum absolute atomic E-state index is 12.9. The van der Waals surface area contributed by atoms with Crippen LogP contribution in [0.1, 0.15) is 27.9 Å². The Morgan fingerprint density at radius 3 is 2.54 bits per heavy atom. The second kappa shape index (κ2) is 6.93. The van der Waals surface area contributed by atoms with Crippen molar-refractivity contribution in [2.45, 2.75) is 25.6 Å². The molecule has 1 heterocycles. The third-order valence-corrected chi connectivity index (χ3v) is 4.10. The summed E-state index contributed by atoms with van der Waals surface area (Å²) in [6.45, 7) is -2.81. The molecular formula is C18H14F5NO2. The number of ether oxygens (including phenoxy) is 1. The smallest absolute Gasteiger partial charge is 0.416 e. The minimum Gasteiger partial charge on any atom is -0.434 e. The number of anilines is 1. The second-order valence-electron chi connectivity index (χ2n) is 5.78. The lowest BCUT2D eigenvalue weighted by Crippen LogP contribution is -2.36. The van der Waals surface area contributed by atoms with E-state index in [0.717, 1.165) is 12.1 Å². The SMILES string of the molecule is O=C(c1ccccc1OC(F)F)N1CCCc2cc(C(F)(F)F)ccc21. The van der Waals surface area contributed by atoms with E-state index in [-0.39, 0.29) is 17.9 Å². The molecule has 0 radical (unpaired) electrons. The number of carbonyl (C=O) groups is 1. The first-order valence-corrected chi connectivity index (χ1v) is 7.83. The van der Waals surface area contributed by atoms with E-state index in [1.54, 1.807) is 0 Å². The summed E-state index contributed by atoms with van der Waals surface area (Å²) in [6.07, 6.45) is -3.60. The van der Waals surface area contributed by atoms with Crippen molar-refractivity contribution in [1.82, 2.24) is 0 Å². The minimum absolute atomic E-state index is 0.0689. The lowest BCUT2D eigenvalue weighted by atomic mass is 9.98. The molecule has 1 aliphatic heterocycles. The normalized spacial score (nSPS) is 14.3. The third kappa shape index (κ3) is 3.63. The highest BCUT2D eigenvalue weighted by Crippen LogP contribution is 2.36. The molecule has 2 aromatic carbocycles. The Labute approximate surface area is 146 Å². The van der Waals surface area contributed by atoms with Gasteiger partial charge < -0.3 is 9.64 Å². The van der Waals surface area contributed by atoms with Crippen LogP contribution in [0.3, 0.4) is 0 Å². The van der Waals surface area contributed by atoms with Gasteiger partial charge in [0, 0.05) is 12.2 Å². The van der Waals surface area contributed by atoms with Gasteiger partial charge >= 0.3 is 12.8 Å². The van der Waals surface area contributed by atoms with E-state index in [9.17, 15) is 26.7 Å². The number of carbonyl (C=O) groups excluding carboxylic acids is 1. The summed E-state index contributed by atoms with van der Waals surface area (Å²) in [5.41, 5.74) is -0.111. The zero-order chi connectivity index (χ0) is 18.9. The van der Waals surface area contributed by atoms with Crippen LogP contribution in [-0.2, 0) is 12.6 Å². The van der Waals surface area contributed by atoms with Crippen LogP contribution >= 0.6 is 0 Å². The molecule has 2 aromatic rings. The molecule has 0 aromatic heterocycles. The Morgan fingerprint density at radius 1 is 1.12 bits per heavy atom. The summed E-state index contributed by atoms with van der Waals surface area (Å²) in [4.78, 5) is 14.1. The van der Waals surface area contributed by atoms with E-state index in [1.807, 2.05) is 0 Å². The Balaban J connectivity index is 1.96. The molecular weight excluding hydrogens is 357 g/mol. The maximum Gasteiger partial charge on any atom is 0.416 e. The molecule has 0 fully saturated rings. The summed E-state index contributed by atoms with van der Waals surface area (Å²) >= 11 is 0. The molecule has 0 unspecified atom stereocenters. The highest BCUT2D eigenvalue weighted by molar-refractivity contribution is 6.08. The summed E-state index contributed by atoms with van der Waals surface area (Å²) in [5, 5.41) is 0. The van der Waals surface area contributed by atoms with Crippen molar-refractivity contribution < 1.29 is 31.5 Å². The molecule has 1 amide bonds. The Kier molecular flexibility index (Phi) is 4.84. The van der Waals surface area contributed by atoms with Crippen LogP contribution in [0, 0.1) is 0 Å². The summed E-state index contributed by atoms with van der Waals surface area (Å²) in [6, 6.07) is 8.72. The Hall–Kier alpha value is -2.64. The van der Waals surface area contributed by atoms with Crippen molar-refractivity contribution in [3.05, 3.63) is 59.2 Å². The lowest BCUT2D eigenvalue weighted by Gasteiger charge is -2.30. The van der Waals surface area contributed by atoms with Crippen LogP contribution in [0.15, 0.2) is 42.5 Å². The molecule has 0 atom stereocenters. The van der Waals surface area contributed by atoms with Crippen molar-refractivity contribution in [3.63, 3.8) is 0 Å². The average Bonchev–Trinajstić information content (AvgIpc) is 2.59. The predicted molar refractivity (Wildman–Crippen MR) is 84.5 cm³/mol. The molecule has 0 saturated carbocycles. The van der Waals surface area contributed by atoms with E-state index < -0.39 is 24.3 Å². The van der Waals surface area contributed by atoms with Crippen molar-refractivity contribution in [2.75, 3.05) is 11.4 Å². The molecule has 1 aliphatic rings. The molecule has 26 heavy (non-hydrogen) atoms. The summed E-state index contributed by atoms with van der Waals surface area (Å²) in [5.74, 6) is -0.867. The number of fused-ring (bicyclic) bond motifs is 1. The van der Waals surface area contributed by atoms with Gasteiger partial charge in [0.25, 0.3) is 5.91 Å². The fourth-order valence-corrected chi connectivity index (χ4v) is 2.97. The molecule has 138 valence electrons. The molecule has 8 heteroatoms. The van der Waals surface area contributed by atoms with E-state index in [0.29, 0.717) is 24.1 Å². The number of nitrogens with zero attached hydrogens (tertiary/aromatic N) is 1. The van der Waals surface area contributed by atoms with Gasteiger partial charge in [-0.15, -0.1) is 0 Å². The van der Waals surface area contributed by atoms with Gasteiger partial charge in [-0.1, -0.05) is 12.1 Å². The first-order valence-electron chi connectivity index (χ1n) is 7.83. The average molecular weight is 371 g/mol. The number of alkyl halides is 5. The molecule has 0 bridgehead atoms. The molecule has 3 nitrogen and oxygen atoms in total. The summed E-state index contributed by atoms with van der Waals surface area (Å²) < 4.78 is 68.1. The fraction of sp³-hybridized carbons (Fsp3) is 0.278. The zero-order valence-electron chi connectivity index (χ0n) is 13.4. The summed E-state index contributed by atoms with van der Waals surface area (Å²) in [7, 11) is 0. The molecule has 0 saturated heterocycles. The van der Waals surface area contributed by atoms with Gasteiger partial charge in [0.05, 0.1) is 11.1 Å². The Morgan fingerprint density at radius 2 is 1.85 bits per heavy atom. The van der Waals surface area contributed by atoms with Gasteiger partial charge in [0.2, 0.25) is 0 Å². The fourth-order valence-electron chi connectivity index (χ4n) is 2.97. The predicted octanol–water partition coefficient (Wildman–Crippen LogP) is 4.90. The van der Waals surface area contributed by atoms with E-state index in [4.69, 9.17) is 0 Å². The molecule has 3 rings (SSSR count). The van der Waals surface area contributed by atoms with Gasteiger partial charge in [0.1, 0.15) is 5.75 Å². The van der Waals surface area contributed by atoms with E-state index in [2.05, 4.69) is 4.74 Å². The first kappa shape index (κ1) is 18.2. The largest absolute Gasteiger partial charge is 0.434 e. The van der Waals surface area contributed by atoms with E-state index >= 15 is 0 Å². The molecule has 0 aliphatic carbocycles. The number of aryl methyl sites for hydroxylation is 1. The quantitative estimate of drug-likeness (QED) is 0.719. The van der Waals surface area contributed by atoms with E-state index in [1.165, 1.54) is 35.2 Å². The standard InChI is InChI=1S/C18H14F5NO2/c19-17(20)26-15-6-2-1-5-13(15)16(25)24-9-3-4-11-10-12(18(21,22)23)7-8-14(11)24/h1-2,5-8,10,17H,3-4,9H2. The monoisotopic (exact) mass is 371 g/mol. The second-order valence-corrected chi connectivity index (χ2v) is 5.78. The van der Waals surface area contributed by atoms with Crippen LogP contribution in [0.4, 0.5) is 27.6 Å². The molecule has 0 spiro atoms. The van der Waals surface area contributed by atoms with Crippen LogP contribution < -0.4 is 9.64 Å². The van der Waals surface area contributed by atoms with Crippen LogP contribution in [0.25, 0.3) is 0 Å². The van der Waals surface area contributed by atoms with Gasteiger partial charge in [-0.3, -0.25) is 4.79 Å². The minimum atomic E-state index is -4.47. The highest BCUT2D eigenvalue weighted by Gasteiger charge is 2.33. The molecule has 0 N–H and O–H groups in total. The lowest BCUT2D eigenvalue weighted by molar-refractivity contribution is -0.137. The topological polar surface area (TPSA) is 29.5 Å². The number of halogens is 5. The zero-order valence-corrected chi connectivity index (χ0v) is 13.4. The highest BCUT2D eigenvalue weighted by atomic mass is 19.4. The number of benzene rings is 2. The van der Waals surface area contributed by atoms with Crippen molar-refractivity contribution in [1.29, 1.82) is 0 Å². The first-order chi connectivity index (χ1) is 12.3. The van der Waals surface area contributed by atoms with Crippen LogP contribution in [0.2, 0.25) is 0 Å². The van der Waals surface area contributed by atoms with Gasteiger partial charge in [0.15, 0.2) is 0 Å². The third-order valence-electron chi connectivity index (χ3n) is 4.10. The number of para-hydroxylation sites is 1. The Bertz CT molecular complexity index is 819. The number of rotatable bonds is 3. The van der Waals surface area contributed by atoms with Crippen molar-refractivity contribution >= 4 is 11.6 Å². The van der Waals surface area contributed by atoms with Crippen LogP contribution in [-0.4, -0.2) is 19.1 Å². The van der Waals surface area contributed by atoms with Gasteiger partial charge in [-0.05, 0) is 48.7 Å². The van der Waals surface area contributed by atoms with Crippen molar-refractivity contribution in [3.8, 4) is 5.75 Å². The maximum atomic E-state index is 12.9. The van der Waals surface area contributed by atoms with Gasteiger partial charge in [-0.2, -0.15) is 22.0 Å². The van der Waals surface area contributed by atoms with Gasteiger partial charge in [-0.25, -0.2) is 0 Å².